The van der Waals surface area contributed by atoms with Gasteiger partial charge in [-0.1, -0.05) is 40.0 Å². The maximum absolute atomic E-state index is 8.93. The lowest BCUT2D eigenvalue weighted by Crippen LogP contribution is -2.31. The Morgan fingerprint density at radius 3 is 2.00 bits per heavy atom. The molecule has 0 saturated carbocycles. The molecule has 134 valence electrons. The SMILES string of the molecule is CCCCC(OC(C)COC(C)COC(C)CO)C(C)CC. The highest BCUT2D eigenvalue weighted by atomic mass is 16.6. The van der Waals surface area contributed by atoms with Crippen molar-refractivity contribution in [2.24, 2.45) is 5.92 Å². The maximum Gasteiger partial charge on any atom is 0.0784 e. The van der Waals surface area contributed by atoms with E-state index >= 15 is 0 Å². The zero-order valence-electron chi connectivity index (χ0n) is 15.5. The van der Waals surface area contributed by atoms with E-state index in [-0.39, 0.29) is 24.9 Å². The van der Waals surface area contributed by atoms with Crippen LogP contribution in [0.1, 0.15) is 67.2 Å². The molecular weight excluding hydrogens is 280 g/mol. The fraction of sp³-hybridized carbons (Fsp3) is 1.00. The van der Waals surface area contributed by atoms with Gasteiger partial charge in [0.05, 0.1) is 44.2 Å². The molecule has 0 aliphatic rings. The van der Waals surface area contributed by atoms with E-state index in [1.807, 2.05) is 13.8 Å². The molecule has 22 heavy (non-hydrogen) atoms. The molecule has 0 aliphatic heterocycles. The summed E-state index contributed by atoms with van der Waals surface area (Å²) in [6.45, 7) is 13.7. The number of hydrogen-bond acceptors (Lipinski definition) is 4. The van der Waals surface area contributed by atoms with Crippen LogP contribution in [0.2, 0.25) is 0 Å². The van der Waals surface area contributed by atoms with Crippen molar-refractivity contribution in [2.75, 3.05) is 19.8 Å². The number of hydrogen-bond donors (Lipinski definition) is 1. The molecule has 0 amide bonds. The third-order valence-electron chi connectivity index (χ3n) is 4.02. The lowest BCUT2D eigenvalue weighted by molar-refractivity contribution is -0.101. The molecule has 4 heteroatoms. The number of rotatable bonds is 14. The van der Waals surface area contributed by atoms with Crippen LogP contribution in [-0.4, -0.2) is 49.3 Å². The van der Waals surface area contributed by atoms with Crippen LogP contribution in [0.15, 0.2) is 0 Å². The van der Waals surface area contributed by atoms with E-state index in [1.165, 1.54) is 12.8 Å². The highest BCUT2D eigenvalue weighted by molar-refractivity contribution is 4.67. The monoisotopic (exact) mass is 318 g/mol. The van der Waals surface area contributed by atoms with E-state index in [0.29, 0.717) is 25.2 Å². The van der Waals surface area contributed by atoms with Crippen LogP contribution < -0.4 is 0 Å². The van der Waals surface area contributed by atoms with Gasteiger partial charge in [0.25, 0.3) is 0 Å². The van der Waals surface area contributed by atoms with Gasteiger partial charge in [0.2, 0.25) is 0 Å². The molecule has 0 saturated heterocycles. The predicted octanol–water partition coefficient (Wildman–Crippen LogP) is 3.80. The summed E-state index contributed by atoms with van der Waals surface area (Å²) in [5.41, 5.74) is 0. The van der Waals surface area contributed by atoms with Crippen molar-refractivity contribution >= 4 is 0 Å². The zero-order chi connectivity index (χ0) is 17.0. The highest BCUT2D eigenvalue weighted by Crippen LogP contribution is 2.19. The minimum Gasteiger partial charge on any atom is -0.394 e. The Bertz CT molecular complexity index is 247. The van der Waals surface area contributed by atoms with Crippen molar-refractivity contribution in [1.82, 2.24) is 0 Å². The largest absolute Gasteiger partial charge is 0.394 e. The van der Waals surface area contributed by atoms with Crippen LogP contribution in [0.25, 0.3) is 0 Å². The highest BCUT2D eigenvalue weighted by Gasteiger charge is 2.19. The van der Waals surface area contributed by atoms with Gasteiger partial charge in [-0.15, -0.1) is 0 Å². The predicted molar refractivity (Wildman–Crippen MR) is 91.2 cm³/mol. The molecule has 0 fully saturated rings. The molecule has 5 atom stereocenters. The van der Waals surface area contributed by atoms with Crippen LogP contribution in [0.3, 0.4) is 0 Å². The zero-order valence-corrected chi connectivity index (χ0v) is 15.5. The molecule has 0 aromatic heterocycles. The van der Waals surface area contributed by atoms with Gasteiger partial charge in [-0.05, 0) is 33.1 Å². The van der Waals surface area contributed by atoms with Crippen LogP contribution >= 0.6 is 0 Å². The molecule has 0 aromatic rings. The fourth-order valence-corrected chi connectivity index (χ4v) is 2.19. The second kappa shape index (κ2) is 13.3. The van der Waals surface area contributed by atoms with Gasteiger partial charge < -0.3 is 19.3 Å². The summed E-state index contributed by atoms with van der Waals surface area (Å²) in [5, 5.41) is 8.93. The van der Waals surface area contributed by atoms with Crippen molar-refractivity contribution < 1.29 is 19.3 Å². The summed E-state index contributed by atoms with van der Waals surface area (Å²) in [6, 6.07) is 0. The number of unbranched alkanes of at least 4 members (excludes halogenated alkanes) is 1. The van der Waals surface area contributed by atoms with E-state index in [4.69, 9.17) is 19.3 Å². The second-order valence-electron chi connectivity index (χ2n) is 6.48. The smallest absolute Gasteiger partial charge is 0.0784 e. The summed E-state index contributed by atoms with van der Waals surface area (Å²) in [7, 11) is 0. The normalized spacial score (nSPS) is 18.7. The maximum atomic E-state index is 8.93. The molecule has 0 heterocycles. The molecule has 0 rings (SSSR count). The van der Waals surface area contributed by atoms with Crippen LogP contribution in [0.5, 0.6) is 0 Å². The van der Waals surface area contributed by atoms with Crippen molar-refractivity contribution in [3.63, 3.8) is 0 Å². The first-order valence-corrected chi connectivity index (χ1v) is 8.93. The van der Waals surface area contributed by atoms with Gasteiger partial charge in [-0.2, -0.15) is 0 Å². The number of aliphatic hydroxyl groups is 1. The molecule has 0 spiro atoms. The van der Waals surface area contributed by atoms with Gasteiger partial charge in [-0.3, -0.25) is 0 Å². The van der Waals surface area contributed by atoms with Gasteiger partial charge in [-0.25, -0.2) is 0 Å². The lowest BCUT2D eigenvalue weighted by Gasteiger charge is -2.28. The number of aliphatic hydroxyl groups excluding tert-OH is 1. The summed E-state index contributed by atoms with van der Waals surface area (Å²) in [5.74, 6) is 0.583. The quantitative estimate of drug-likeness (QED) is 0.529. The molecule has 5 unspecified atom stereocenters. The van der Waals surface area contributed by atoms with Crippen molar-refractivity contribution in [3.8, 4) is 0 Å². The Hall–Kier alpha value is -0.160. The van der Waals surface area contributed by atoms with Gasteiger partial charge in [0.15, 0.2) is 0 Å². The first kappa shape index (κ1) is 21.8. The van der Waals surface area contributed by atoms with E-state index in [1.54, 1.807) is 0 Å². The standard InChI is InChI=1S/C18H38O4/c1-7-9-10-18(14(3)8-2)22-17(6)13-21-16(5)12-20-15(4)11-19/h14-19H,7-13H2,1-6H3. The van der Waals surface area contributed by atoms with Gasteiger partial charge >= 0.3 is 0 Å². The molecule has 0 radical (unpaired) electrons. The Balaban J connectivity index is 4.03. The fourth-order valence-electron chi connectivity index (χ4n) is 2.19. The topological polar surface area (TPSA) is 47.9 Å². The van der Waals surface area contributed by atoms with E-state index < -0.39 is 0 Å². The lowest BCUT2D eigenvalue weighted by atomic mass is 9.97. The molecule has 0 aromatic carbocycles. The van der Waals surface area contributed by atoms with E-state index in [9.17, 15) is 0 Å². The van der Waals surface area contributed by atoms with Crippen molar-refractivity contribution in [1.29, 1.82) is 0 Å². The first-order chi connectivity index (χ1) is 10.4. The Morgan fingerprint density at radius 2 is 1.45 bits per heavy atom. The summed E-state index contributed by atoms with van der Waals surface area (Å²) in [4.78, 5) is 0. The Kier molecular flexibility index (Phi) is 13.2. The summed E-state index contributed by atoms with van der Waals surface area (Å²) in [6.07, 6.45) is 4.98. The minimum absolute atomic E-state index is 0.0118. The molecular formula is C18H38O4. The average Bonchev–Trinajstić information content (AvgIpc) is 2.53. The molecule has 4 nitrogen and oxygen atoms in total. The van der Waals surface area contributed by atoms with E-state index in [0.717, 1.165) is 12.8 Å². The summed E-state index contributed by atoms with van der Waals surface area (Å²) >= 11 is 0. The minimum atomic E-state index is -0.136. The van der Waals surface area contributed by atoms with Crippen LogP contribution in [0, 0.1) is 5.92 Å². The molecule has 0 bridgehead atoms. The average molecular weight is 318 g/mol. The van der Waals surface area contributed by atoms with Crippen LogP contribution in [0.4, 0.5) is 0 Å². The number of ether oxygens (including phenoxy) is 3. The third-order valence-corrected chi connectivity index (χ3v) is 4.02. The van der Waals surface area contributed by atoms with Crippen LogP contribution in [-0.2, 0) is 14.2 Å². The van der Waals surface area contributed by atoms with Crippen molar-refractivity contribution in [3.05, 3.63) is 0 Å². The third kappa shape index (κ3) is 10.5. The first-order valence-electron chi connectivity index (χ1n) is 8.93. The molecule has 1 N–H and O–H groups in total. The summed E-state index contributed by atoms with van der Waals surface area (Å²) < 4.78 is 17.4. The molecule has 0 aliphatic carbocycles. The van der Waals surface area contributed by atoms with Gasteiger partial charge in [0, 0.05) is 0 Å². The second-order valence-corrected chi connectivity index (χ2v) is 6.48. The Labute approximate surface area is 137 Å². The van der Waals surface area contributed by atoms with Crippen molar-refractivity contribution in [2.45, 2.75) is 91.6 Å². The van der Waals surface area contributed by atoms with E-state index in [2.05, 4.69) is 27.7 Å². The Morgan fingerprint density at radius 1 is 0.864 bits per heavy atom. The van der Waals surface area contributed by atoms with Gasteiger partial charge in [0.1, 0.15) is 0 Å².